The van der Waals surface area contributed by atoms with E-state index in [2.05, 4.69) is 20.9 Å². The van der Waals surface area contributed by atoms with Gasteiger partial charge >= 0.3 is 0 Å². The fourth-order valence-corrected chi connectivity index (χ4v) is 2.87. The van der Waals surface area contributed by atoms with Crippen molar-refractivity contribution in [2.24, 2.45) is 0 Å². The second-order valence-corrected chi connectivity index (χ2v) is 5.41. The average molecular weight is 310 g/mol. The van der Waals surface area contributed by atoms with Crippen LogP contribution in [0.25, 0.3) is 10.2 Å². The van der Waals surface area contributed by atoms with Gasteiger partial charge in [-0.05, 0) is 39.5 Å². The molecule has 1 atom stereocenters. The van der Waals surface area contributed by atoms with E-state index >= 15 is 0 Å². The number of nitrogens with zero attached hydrogens (tertiary/aromatic N) is 1. The first-order valence-corrected chi connectivity index (χ1v) is 6.67. The Kier molecular flexibility index (Phi) is 2.74. The van der Waals surface area contributed by atoms with Crippen LogP contribution in [0.5, 0.6) is 0 Å². The van der Waals surface area contributed by atoms with Gasteiger partial charge in [-0.1, -0.05) is 0 Å². The van der Waals surface area contributed by atoms with Crippen LogP contribution in [-0.2, 0) is 0 Å². The Hall–Kier alpha value is -1.17. The van der Waals surface area contributed by atoms with E-state index in [9.17, 15) is 5.11 Å². The topological polar surface area (TPSA) is 46.3 Å². The molecule has 0 fully saturated rings. The molecule has 0 radical (unpaired) electrons. The van der Waals surface area contributed by atoms with Gasteiger partial charge in [0.1, 0.15) is 6.10 Å². The lowest BCUT2D eigenvalue weighted by Crippen LogP contribution is -1.99. The molecule has 3 aromatic heterocycles. The quantitative estimate of drug-likeness (QED) is 0.784. The molecule has 0 saturated heterocycles. The summed E-state index contributed by atoms with van der Waals surface area (Å²) in [5.41, 5.74) is 1.68. The molecule has 17 heavy (non-hydrogen) atoms. The molecule has 3 heterocycles. The van der Waals surface area contributed by atoms with Crippen LogP contribution in [0.2, 0.25) is 0 Å². The van der Waals surface area contributed by atoms with Crippen molar-refractivity contribution in [3.8, 4) is 0 Å². The zero-order valence-corrected chi connectivity index (χ0v) is 11.0. The lowest BCUT2D eigenvalue weighted by Gasteiger charge is -2.08. The predicted octanol–water partition coefficient (Wildman–Crippen LogP) is 3.73. The Balaban J connectivity index is 2.06. The van der Waals surface area contributed by atoms with Crippen molar-refractivity contribution in [1.82, 2.24) is 4.98 Å². The van der Waals surface area contributed by atoms with Crippen molar-refractivity contribution in [3.05, 3.63) is 51.8 Å². The van der Waals surface area contributed by atoms with E-state index in [1.54, 1.807) is 29.9 Å². The summed E-state index contributed by atoms with van der Waals surface area (Å²) in [7, 11) is 0. The first-order valence-electron chi connectivity index (χ1n) is 5.00. The highest BCUT2D eigenvalue weighted by Crippen LogP contribution is 2.31. The van der Waals surface area contributed by atoms with Crippen LogP contribution in [0.4, 0.5) is 0 Å². The van der Waals surface area contributed by atoms with Crippen molar-refractivity contribution in [2.45, 2.75) is 6.10 Å². The Bertz CT molecular complexity index is 661. The molecule has 0 aliphatic carbocycles. The third kappa shape index (κ3) is 1.90. The highest BCUT2D eigenvalue weighted by Gasteiger charge is 2.17. The molecule has 0 spiro atoms. The smallest absolute Gasteiger partial charge is 0.151 e. The standard InChI is InChI=1S/C12H8BrNO2S/c13-8-1-3-16-12(8)11(15)7-5-10-9(14-6-7)2-4-17-10/h1-6,11,15H. The van der Waals surface area contributed by atoms with Gasteiger partial charge in [-0.15, -0.1) is 11.3 Å². The van der Waals surface area contributed by atoms with E-state index in [0.29, 0.717) is 5.76 Å². The summed E-state index contributed by atoms with van der Waals surface area (Å²) in [6, 6.07) is 5.65. The Morgan fingerprint density at radius 3 is 3.06 bits per heavy atom. The first kappa shape index (κ1) is 11.0. The molecule has 0 aliphatic heterocycles. The number of fused-ring (bicyclic) bond motifs is 1. The molecule has 5 heteroatoms. The highest BCUT2D eigenvalue weighted by atomic mass is 79.9. The molecule has 3 nitrogen and oxygen atoms in total. The summed E-state index contributed by atoms with van der Waals surface area (Å²) < 4.78 is 7.07. The Morgan fingerprint density at radius 1 is 1.41 bits per heavy atom. The number of halogens is 1. The van der Waals surface area contributed by atoms with Crippen LogP contribution < -0.4 is 0 Å². The molecule has 0 bridgehead atoms. The van der Waals surface area contributed by atoms with E-state index in [1.165, 1.54) is 0 Å². The molecule has 3 aromatic rings. The van der Waals surface area contributed by atoms with Crippen molar-refractivity contribution < 1.29 is 9.52 Å². The van der Waals surface area contributed by atoms with Crippen LogP contribution in [-0.4, -0.2) is 10.1 Å². The van der Waals surface area contributed by atoms with Crippen LogP contribution in [0.3, 0.4) is 0 Å². The lowest BCUT2D eigenvalue weighted by atomic mass is 10.1. The molecule has 1 unspecified atom stereocenters. The summed E-state index contributed by atoms with van der Waals surface area (Å²) in [4.78, 5) is 4.30. The summed E-state index contributed by atoms with van der Waals surface area (Å²) >= 11 is 4.94. The number of hydrogen-bond acceptors (Lipinski definition) is 4. The summed E-state index contributed by atoms with van der Waals surface area (Å²) in [6.07, 6.45) is 2.42. The SMILES string of the molecule is OC(c1cnc2ccsc2c1)c1occc1Br. The van der Waals surface area contributed by atoms with E-state index in [-0.39, 0.29) is 0 Å². The minimum absolute atomic E-state index is 0.503. The van der Waals surface area contributed by atoms with Gasteiger partial charge in [-0.25, -0.2) is 0 Å². The van der Waals surface area contributed by atoms with Crippen LogP contribution in [0.15, 0.2) is 44.9 Å². The second-order valence-electron chi connectivity index (χ2n) is 3.61. The molecular formula is C12H8BrNO2S. The maximum absolute atomic E-state index is 10.2. The number of aliphatic hydroxyl groups is 1. The van der Waals surface area contributed by atoms with Gasteiger partial charge in [-0.3, -0.25) is 4.98 Å². The highest BCUT2D eigenvalue weighted by molar-refractivity contribution is 9.10. The van der Waals surface area contributed by atoms with Gasteiger partial charge in [-0.2, -0.15) is 0 Å². The molecule has 0 amide bonds. The van der Waals surface area contributed by atoms with E-state index in [0.717, 1.165) is 20.3 Å². The maximum atomic E-state index is 10.2. The minimum Gasteiger partial charge on any atom is -0.465 e. The second kappa shape index (κ2) is 4.25. The summed E-state index contributed by atoms with van der Waals surface area (Å²) in [6.45, 7) is 0. The maximum Gasteiger partial charge on any atom is 0.151 e. The zero-order chi connectivity index (χ0) is 11.8. The van der Waals surface area contributed by atoms with Crippen LogP contribution in [0.1, 0.15) is 17.4 Å². The lowest BCUT2D eigenvalue weighted by molar-refractivity contribution is 0.188. The third-order valence-electron chi connectivity index (χ3n) is 2.53. The summed E-state index contributed by atoms with van der Waals surface area (Å²) in [5.74, 6) is 0.503. The monoisotopic (exact) mass is 309 g/mol. The van der Waals surface area contributed by atoms with Crippen molar-refractivity contribution >= 4 is 37.5 Å². The minimum atomic E-state index is -0.793. The molecule has 86 valence electrons. The van der Waals surface area contributed by atoms with Crippen molar-refractivity contribution in [3.63, 3.8) is 0 Å². The largest absolute Gasteiger partial charge is 0.465 e. The fraction of sp³-hybridized carbons (Fsp3) is 0.0833. The predicted molar refractivity (Wildman–Crippen MR) is 70.1 cm³/mol. The molecular weight excluding hydrogens is 302 g/mol. The molecule has 1 N–H and O–H groups in total. The van der Waals surface area contributed by atoms with Crippen LogP contribution >= 0.6 is 27.3 Å². The number of pyridine rings is 1. The number of aromatic nitrogens is 1. The number of hydrogen-bond donors (Lipinski definition) is 1. The zero-order valence-electron chi connectivity index (χ0n) is 8.63. The Labute approximate surface area is 110 Å². The van der Waals surface area contributed by atoms with E-state index < -0.39 is 6.10 Å². The van der Waals surface area contributed by atoms with E-state index in [4.69, 9.17) is 4.42 Å². The molecule has 0 aromatic carbocycles. The number of thiophene rings is 1. The van der Waals surface area contributed by atoms with Crippen LogP contribution in [0, 0.1) is 0 Å². The number of aliphatic hydroxyl groups excluding tert-OH is 1. The molecule has 0 aliphatic rings. The third-order valence-corrected chi connectivity index (χ3v) is 4.04. The first-order chi connectivity index (χ1) is 8.25. The van der Waals surface area contributed by atoms with Gasteiger partial charge in [0.15, 0.2) is 5.76 Å². The normalized spacial score (nSPS) is 13.1. The fourth-order valence-electron chi connectivity index (χ4n) is 1.66. The summed E-state index contributed by atoms with van der Waals surface area (Å²) in [5, 5.41) is 12.2. The Morgan fingerprint density at radius 2 is 2.29 bits per heavy atom. The molecule has 0 saturated carbocycles. The van der Waals surface area contributed by atoms with Gasteiger partial charge in [0.2, 0.25) is 0 Å². The van der Waals surface area contributed by atoms with Crippen molar-refractivity contribution in [2.75, 3.05) is 0 Å². The van der Waals surface area contributed by atoms with Gasteiger partial charge in [0.25, 0.3) is 0 Å². The van der Waals surface area contributed by atoms with Gasteiger partial charge < -0.3 is 9.52 Å². The van der Waals surface area contributed by atoms with Gasteiger partial charge in [0, 0.05) is 11.8 Å². The number of furan rings is 1. The average Bonchev–Trinajstić information content (AvgIpc) is 2.95. The van der Waals surface area contributed by atoms with Crippen molar-refractivity contribution in [1.29, 1.82) is 0 Å². The van der Waals surface area contributed by atoms with Gasteiger partial charge in [0.05, 0.1) is 21.0 Å². The number of rotatable bonds is 2. The molecule has 3 rings (SSSR count). The van der Waals surface area contributed by atoms with E-state index in [1.807, 2.05) is 17.5 Å².